The normalized spacial score (nSPS) is 10.6. The molecule has 5 heteroatoms. The second-order valence-corrected chi connectivity index (χ2v) is 4.06. The highest BCUT2D eigenvalue weighted by Crippen LogP contribution is 2.18. The Morgan fingerprint density at radius 2 is 1.75 bits per heavy atom. The average Bonchev–Trinajstić information content (AvgIpc) is 2.46. The van der Waals surface area contributed by atoms with Crippen LogP contribution in [0.1, 0.15) is 15.9 Å². The predicted octanol–water partition coefficient (Wildman–Crippen LogP) is 3.20. The van der Waals surface area contributed by atoms with Gasteiger partial charge in [-0.3, -0.25) is 14.9 Å². The molecule has 2 aromatic rings. The number of rotatable bonds is 4. The molecule has 2 rings (SSSR count). The Labute approximate surface area is 115 Å². The second-order valence-electron chi connectivity index (χ2n) is 4.06. The fraction of sp³-hybridized carbons (Fsp3) is 0. The lowest BCUT2D eigenvalue weighted by molar-refractivity contribution is -0.384. The lowest BCUT2D eigenvalue weighted by Crippen LogP contribution is -1.95. The summed E-state index contributed by atoms with van der Waals surface area (Å²) in [4.78, 5) is 21.9. The number of aromatic hydroxyl groups is 1. The molecule has 1 N–H and O–H groups in total. The van der Waals surface area contributed by atoms with Gasteiger partial charge in [-0.25, -0.2) is 0 Å². The van der Waals surface area contributed by atoms with Crippen molar-refractivity contribution in [1.82, 2.24) is 0 Å². The molecule has 2 aromatic carbocycles. The van der Waals surface area contributed by atoms with Crippen molar-refractivity contribution in [3.05, 3.63) is 75.8 Å². The lowest BCUT2D eigenvalue weighted by Gasteiger charge is -1.98. The molecular weight excluding hydrogens is 258 g/mol. The van der Waals surface area contributed by atoms with Crippen molar-refractivity contribution < 1.29 is 14.8 Å². The maximum Gasteiger partial charge on any atom is 0.269 e. The summed E-state index contributed by atoms with van der Waals surface area (Å²) in [5.41, 5.74) is 0.816. The van der Waals surface area contributed by atoms with Crippen molar-refractivity contribution in [2.75, 3.05) is 0 Å². The number of nitrogens with zero attached hydrogens (tertiary/aromatic N) is 1. The molecule has 0 aromatic heterocycles. The van der Waals surface area contributed by atoms with Crippen LogP contribution in [0.2, 0.25) is 0 Å². The molecule has 0 aliphatic heterocycles. The van der Waals surface area contributed by atoms with Gasteiger partial charge in [-0.05, 0) is 30.4 Å². The van der Waals surface area contributed by atoms with Gasteiger partial charge in [0.15, 0.2) is 5.78 Å². The van der Waals surface area contributed by atoms with Crippen molar-refractivity contribution in [2.45, 2.75) is 0 Å². The summed E-state index contributed by atoms with van der Waals surface area (Å²) in [6, 6.07) is 12.0. The summed E-state index contributed by atoms with van der Waals surface area (Å²) in [5.74, 6) is -0.205. The first kappa shape index (κ1) is 13.5. The van der Waals surface area contributed by atoms with Crippen molar-refractivity contribution in [2.24, 2.45) is 0 Å². The molecule has 0 spiro atoms. The third kappa shape index (κ3) is 3.08. The number of phenolic OH excluding ortho intramolecular Hbond substituents is 1. The van der Waals surface area contributed by atoms with Crippen LogP contribution >= 0.6 is 0 Å². The number of non-ortho nitro benzene ring substituents is 1. The number of carbonyl (C=O) groups excluding carboxylic acids is 1. The summed E-state index contributed by atoms with van der Waals surface area (Å²) < 4.78 is 0. The van der Waals surface area contributed by atoms with Gasteiger partial charge in [-0.1, -0.05) is 18.2 Å². The maximum absolute atomic E-state index is 11.9. The van der Waals surface area contributed by atoms with Crippen molar-refractivity contribution in [1.29, 1.82) is 0 Å². The third-order valence-corrected chi connectivity index (χ3v) is 2.71. The number of nitro benzene ring substituents is 1. The van der Waals surface area contributed by atoms with E-state index < -0.39 is 4.92 Å². The van der Waals surface area contributed by atoms with Crippen LogP contribution in [0.5, 0.6) is 5.75 Å². The molecule has 0 bridgehead atoms. The van der Waals surface area contributed by atoms with E-state index in [1.807, 2.05) is 0 Å². The second kappa shape index (κ2) is 5.79. The summed E-state index contributed by atoms with van der Waals surface area (Å²) in [7, 11) is 0. The average molecular weight is 269 g/mol. The highest BCUT2D eigenvalue weighted by molar-refractivity contribution is 6.07. The monoisotopic (exact) mass is 269 g/mol. The number of allylic oxidation sites excluding steroid dienone is 1. The molecule has 0 saturated carbocycles. The molecule has 0 saturated heterocycles. The van der Waals surface area contributed by atoms with Crippen LogP contribution in [0.25, 0.3) is 6.08 Å². The minimum absolute atomic E-state index is 0.0637. The van der Waals surface area contributed by atoms with Crippen LogP contribution in [-0.4, -0.2) is 15.8 Å². The molecule has 5 nitrogen and oxygen atoms in total. The number of carbonyl (C=O) groups is 1. The minimum atomic E-state index is -0.522. The van der Waals surface area contributed by atoms with Crippen LogP contribution in [0.4, 0.5) is 5.69 Å². The first-order valence-corrected chi connectivity index (χ1v) is 5.83. The van der Waals surface area contributed by atoms with Crippen LogP contribution < -0.4 is 0 Å². The van der Waals surface area contributed by atoms with Gasteiger partial charge in [0.05, 0.1) is 4.92 Å². The number of nitro groups is 1. The minimum Gasteiger partial charge on any atom is -0.507 e. The Balaban J connectivity index is 2.16. The Bertz CT molecular complexity index is 675. The standard InChI is InChI=1S/C15H11NO4/c17-14-4-2-1-3-11(14)7-10-15(18)12-5-8-13(9-6-12)16(19)20/h1-10,17H/b10-7-. The molecule has 0 amide bonds. The molecule has 100 valence electrons. The lowest BCUT2D eigenvalue weighted by atomic mass is 10.1. The number of benzene rings is 2. The number of hydrogen-bond acceptors (Lipinski definition) is 4. The van der Waals surface area contributed by atoms with Gasteiger partial charge in [-0.2, -0.15) is 0 Å². The molecule has 0 unspecified atom stereocenters. The fourth-order valence-electron chi connectivity index (χ4n) is 1.64. The van der Waals surface area contributed by atoms with E-state index in [4.69, 9.17) is 0 Å². The van der Waals surface area contributed by atoms with E-state index in [-0.39, 0.29) is 17.2 Å². The molecule has 0 aliphatic carbocycles. The summed E-state index contributed by atoms with van der Waals surface area (Å²) in [5, 5.41) is 20.1. The molecule has 0 fully saturated rings. The van der Waals surface area contributed by atoms with Gasteiger partial charge in [-0.15, -0.1) is 0 Å². The predicted molar refractivity (Wildman–Crippen MR) is 74.6 cm³/mol. The highest BCUT2D eigenvalue weighted by Gasteiger charge is 2.07. The van der Waals surface area contributed by atoms with Gasteiger partial charge >= 0.3 is 0 Å². The number of ketones is 1. The highest BCUT2D eigenvalue weighted by atomic mass is 16.6. The topological polar surface area (TPSA) is 80.4 Å². The van der Waals surface area contributed by atoms with E-state index in [0.717, 1.165) is 0 Å². The fourth-order valence-corrected chi connectivity index (χ4v) is 1.64. The van der Waals surface area contributed by atoms with Gasteiger partial charge < -0.3 is 5.11 Å². The molecule has 0 heterocycles. The van der Waals surface area contributed by atoms with Gasteiger partial charge in [0, 0.05) is 23.3 Å². The quantitative estimate of drug-likeness (QED) is 0.400. The zero-order chi connectivity index (χ0) is 14.5. The Kier molecular flexibility index (Phi) is 3.91. The SMILES string of the molecule is O=C(/C=C\c1ccccc1O)c1ccc([N+](=O)[O-])cc1. The number of para-hydroxylation sites is 1. The zero-order valence-corrected chi connectivity index (χ0v) is 10.4. The molecular formula is C15H11NO4. The smallest absolute Gasteiger partial charge is 0.269 e. The molecule has 0 aliphatic rings. The largest absolute Gasteiger partial charge is 0.507 e. The van der Waals surface area contributed by atoms with E-state index in [1.165, 1.54) is 42.5 Å². The maximum atomic E-state index is 11.9. The van der Waals surface area contributed by atoms with Crippen LogP contribution in [0, 0.1) is 10.1 Å². The number of hydrogen-bond donors (Lipinski definition) is 1. The molecule has 20 heavy (non-hydrogen) atoms. The van der Waals surface area contributed by atoms with Crippen molar-refractivity contribution in [3.8, 4) is 5.75 Å². The zero-order valence-electron chi connectivity index (χ0n) is 10.4. The Morgan fingerprint density at radius 3 is 2.35 bits per heavy atom. The third-order valence-electron chi connectivity index (χ3n) is 2.71. The molecule has 0 radical (unpaired) electrons. The van der Waals surface area contributed by atoms with Gasteiger partial charge in [0.25, 0.3) is 5.69 Å². The summed E-state index contributed by atoms with van der Waals surface area (Å²) >= 11 is 0. The van der Waals surface area contributed by atoms with Crippen LogP contribution in [-0.2, 0) is 0 Å². The van der Waals surface area contributed by atoms with Crippen molar-refractivity contribution >= 4 is 17.5 Å². The van der Waals surface area contributed by atoms with Crippen LogP contribution in [0.15, 0.2) is 54.6 Å². The van der Waals surface area contributed by atoms with Crippen LogP contribution in [0.3, 0.4) is 0 Å². The number of phenols is 1. The summed E-state index contributed by atoms with van der Waals surface area (Å²) in [6.07, 6.45) is 2.81. The molecule has 0 atom stereocenters. The van der Waals surface area contributed by atoms with E-state index in [0.29, 0.717) is 11.1 Å². The van der Waals surface area contributed by atoms with Gasteiger partial charge in [0.1, 0.15) is 5.75 Å². The van der Waals surface area contributed by atoms with Crippen molar-refractivity contribution in [3.63, 3.8) is 0 Å². The van der Waals surface area contributed by atoms with E-state index >= 15 is 0 Å². The first-order chi connectivity index (χ1) is 9.58. The van der Waals surface area contributed by atoms with E-state index in [1.54, 1.807) is 18.2 Å². The van der Waals surface area contributed by atoms with Gasteiger partial charge in [0.2, 0.25) is 0 Å². The Hall–Kier alpha value is -2.95. The van der Waals surface area contributed by atoms with E-state index in [2.05, 4.69) is 0 Å². The summed E-state index contributed by atoms with van der Waals surface area (Å²) in [6.45, 7) is 0. The first-order valence-electron chi connectivity index (χ1n) is 5.83. The van der Waals surface area contributed by atoms with E-state index in [9.17, 15) is 20.0 Å². The Morgan fingerprint density at radius 1 is 1.10 bits per heavy atom.